The summed E-state index contributed by atoms with van der Waals surface area (Å²) in [5, 5.41) is 21.5. The molecule has 18 heavy (non-hydrogen) atoms. The number of rotatable bonds is 6. The Morgan fingerprint density at radius 2 is 2.22 bits per heavy atom. The minimum Gasteiger partial charge on any atom is -0.504 e. The number of hydrogen-bond acceptors (Lipinski definition) is 4. The molecule has 0 aliphatic carbocycles. The van der Waals surface area contributed by atoms with Gasteiger partial charge in [-0.05, 0) is 25.0 Å². The van der Waals surface area contributed by atoms with Gasteiger partial charge in [0.05, 0.1) is 12.7 Å². The number of carbonyl (C=O) groups excluding carboxylic acids is 1. The maximum Gasteiger partial charge on any atom is 0.255 e. The van der Waals surface area contributed by atoms with E-state index in [1.807, 2.05) is 6.92 Å². The van der Waals surface area contributed by atoms with Crippen LogP contribution in [0.15, 0.2) is 18.2 Å². The number of aliphatic hydroxyl groups excluding tert-OH is 1. The van der Waals surface area contributed by atoms with Crippen molar-refractivity contribution < 1.29 is 19.7 Å². The summed E-state index contributed by atoms with van der Waals surface area (Å²) in [4.78, 5) is 12.0. The van der Waals surface area contributed by atoms with Crippen LogP contribution in [0.5, 0.6) is 11.5 Å². The summed E-state index contributed by atoms with van der Waals surface area (Å²) in [6, 6.07) is 4.64. The number of ether oxygens (including phenoxy) is 1. The number of methoxy groups -OCH3 is 1. The Morgan fingerprint density at radius 3 is 2.78 bits per heavy atom. The molecule has 100 valence electrons. The molecule has 0 aliphatic rings. The Kier molecular flexibility index (Phi) is 5.45. The first-order valence-corrected chi connectivity index (χ1v) is 5.91. The molecule has 1 amide bonds. The number of phenols is 1. The minimum absolute atomic E-state index is 0.0167. The van der Waals surface area contributed by atoms with Gasteiger partial charge in [-0.15, -0.1) is 0 Å². The molecule has 3 N–H and O–H groups in total. The molecule has 5 heteroatoms. The van der Waals surface area contributed by atoms with Gasteiger partial charge >= 0.3 is 0 Å². The lowest BCUT2D eigenvalue weighted by molar-refractivity contribution is 0.0926. The summed E-state index contributed by atoms with van der Waals surface area (Å²) >= 11 is 0. The van der Waals surface area contributed by atoms with Crippen LogP contribution >= 0.6 is 0 Å². The first-order chi connectivity index (χ1) is 8.63. The molecule has 1 rings (SSSR count). The van der Waals surface area contributed by atoms with Crippen LogP contribution < -0.4 is 10.1 Å². The maximum atomic E-state index is 12.0. The van der Waals surface area contributed by atoms with Crippen molar-refractivity contribution in [1.82, 2.24) is 5.32 Å². The summed E-state index contributed by atoms with van der Waals surface area (Å²) in [6.07, 6.45) is 1.21. The van der Waals surface area contributed by atoms with Crippen molar-refractivity contribution in [2.24, 2.45) is 0 Å². The number of aromatic hydroxyl groups is 1. The first kappa shape index (κ1) is 14.3. The maximum absolute atomic E-state index is 12.0. The van der Waals surface area contributed by atoms with Crippen LogP contribution in [-0.4, -0.2) is 35.9 Å². The van der Waals surface area contributed by atoms with Gasteiger partial charge in [0.1, 0.15) is 0 Å². The third kappa shape index (κ3) is 3.37. The quantitative estimate of drug-likeness (QED) is 0.714. The van der Waals surface area contributed by atoms with E-state index in [9.17, 15) is 9.90 Å². The van der Waals surface area contributed by atoms with E-state index < -0.39 is 0 Å². The molecule has 0 aliphatic heterocycles. The molecule has 1 aromatic carbocycles. The lowest BCUT2D eigenvalue weighted by Crippen LogP contribution is -2.35. The zero-order chi connectivity index (χ0) is 13.5. The van der Waals surface area contributed by atoms with Gasteiger partial charge in [-0.2, -0.15) is 0 Å². The number of phenolic OH excluding ortho intramolecular Hbond substituents is 1. The fourth-order valence-corrected chi connectivity index (χ4v) is 1.67. The smallest absolute Gasteiger partial charge is 0.255 e. The average Bonchev–Trinajstić information content (AvgIpc) is 2.38. The fraction of sp³-hybridized carbons (Fsp3) is 0.462. The van der Waals surface area contributed by atoms with Crippen LogP contribution in [0.25, 0.3) is 0 Å². The summed E-state index contributed by atoms with van der Waals surface area (Å²) < 4.78 is 4.94. The van der Waals surface area contributed by atoms with Gasteiger partial charge in [0.15, 0.2) is 11.5 Å². The molecule has 0 aromatic heterocycles. The predicted octanol–water partition coefficient (Wildman–Crippen LogP) is 1.29. The highest BCUT2D eigenvalue weighted by atomic mass is 16.5. The van der Waals surface area contributed by atoms with Crippen LogP contribution in [0.2, 0.25) is 0 Å². The molecule has 0 bridgehead atoms. The van der Waals surface area contributed by atoms with Gasteiger partial charge in [-0.3, -0.25) is 4.79 Å². The Hall–Kier alpha value is -1.75. The van der Waals surface area contributed by atoms with Gasteiger partial charge in [-0.25, -0.2) is 0 Å². The second-order valence-corrected chi connectivity index (χ2v) is 3.95. The second kappa shape index (κ2) is 6.86. The molecule has 0 heterocycles. The van der Waals surface area contributed by atoms with Crippen LogP contribution in [0.4, 0.5) is 0 Å². The van der Waals surface area contributed by atoms with E-state index in [2.05, 4.69) is 5.32 Å². The largest absolute Gasteiger partial charge is 0.504 e. The van der Waals surface area contributed by atoms with E-state index in [-0.39, 0.29) is 35.6 Å². The number of carbonyl (C=O) groups is 1. The molecule has 0 radical (unpaired) electrons. The van der Waals surface area contributed by atoms with Gasteiger partial charge in [-0.1, -0.05) is 13.0 Å². The molecule has 0 saturated carbocycles. The van der Waals surface area contributed by atoms with Crippen molar-refractivity contribution in [3.05, 3.63) is 23.8 Å². The van der Waals surface area contributed by atoms with Crippen LogP contribution in [0.3, 0.4) is 0 Å². The highest BCUT2D eigenvalue weighted by Crippen LogP contribution is 2.29. The standard InChI is InChI=1S/C13H19NO4/c1-3-9(7-8-15)14-13(17)10-5-4-6-11(18-2)12(10)16/h4-6,9,15-16H,3,7-8H2,1-2H3,(H,14,17). The monoisotopic (exact) mass is 253 g/mol. The number of hydrogen-bond donors (Lipinski definition) is 3. The second-order valence-electron chi connectivity index (χ2n) is 3.95. The zero-order valence-corrected chi connectivity index (χ0v) is 10.6. The first-order valence-electron chi connectivity index (χ1n) is 5.91. The Labute approximate surface area is 106 Å². The highest BCUT2D eigenvalue weighted by Gasteiger charge is 2.17. The van der Waals surface area contributed by atoms with Crippen molar-refractivity contribution in [2.45, 2.75) is 25.8 Å². The molecular formula is C13H19NO4. The van der Waals surface area contributed by atoms with E-state index in [4.69, 9.17) is 9.84 Å². The fourth-order valence-electron chi connectivity index (χ4n) is 1.67. The minimum atomic E-state index is -0.369. The van der Waals surface area contributed by atoms with Crippen molar-refractivity contribution in [1.29, 1.82) is 0 Å². The van der Waals surface area contributed by atoms with Crippen LogP contribution in [0.1, 0.15) is 30.1 Å². The van der Waals surface area contributed by atoms with E-state index >= 15 is 0 Å². The number of amides is 1. The molecule has 0 fully saturated rings. The van der Waals surface area contributed by atoms with Crippen molar-refractivity contribution >= 4 is 5.91 Å². The van der Waals surface area contributed by atoms with E-state index in [1.54, 1.807) is 12.1 Å². The normalized spacial score (nSPS) is 11.9. The summed E-state index contributed by atoms with van der Waals surface area (Å²) in [6.45, 7) is 1.94. The van der Waals surface area contributed by atoms with E-state index in [0.717, 1.165) is 6.42 Å². The highest BCUT2D eigenvalue weighted by molar-refractivity contribution is 5.97. The molecule has 1 unspecified atom stereocenters. The van der Waals surface area contributed by atoms with Gasteiger partial charge in [0.25, 0.3) is 5.91 Å². The van der Waals surface area contributed by atoms with Gasteiger partial charge in [0, 0.05) is 12.6 Å². The predicted molar refractivity (Wildman–Crippen MR) is 67.9 cm³/mol. The Bertz CT molecular complexity index is 406. The molecule has 0 saturated heterocycles. The molecule has 1 aromatic rings. The number of para-hydroxylation sites is 1. The molecular weight excluding hydrogens is 234 g/mol. The topological polar surface area (TPSA) is 78.8 Å². The lowest BCUT2D eigenvalue weighted by Gasteiger charge is -2.16. The summed E-state index contributed by atoms with van der Waals surface area (Å²) in [5.41, 5.74) is 0.172. The number of benzene rings is 1. The Balaban J connectivity index is 2.84. The lowest BCUT2D eigenvalue weighted by atomic mass is 10.1. The Morgan fingerprint density at radius 1 is 1.50 bits per heavy atom. The number of nitrogens with one attached hydrogen (secondary N) is 1. The zero-order valence-electron chi connectivity index (χ0n) is 10.6. The van der Waals surface area contributed by atoms with E-state index in [0.29, 0.717) is 6.42 Å². The van der Waals surface area contributed by atoms with Gasteiger partial charge < -0.3 is 20.3 Å². The van der Waals surface area contributed by atoms with Crippen LogP contribution in [0, 0.1) is 0 Å². The third-order valence-electron chi connectivity index (χ3n) is 2.77. The molecule has 5 nitrogen and oxygen atoms in total. The number of aliphatic hydroxyl groups is 1. The SMILES string of the molecule is CCC(CCO)NC(=O)c1cccc(OC)c1O. The third-order valence-corrected chi connectivity index (χ3v) is 2.77. The van der Waals surface area contributed by atoms with Crippen molar-refractivity contribution in [3.63, 3.8) is 0 Å². The van der Waals surface area contributed by atoms with E-state index in [1.165, 1.54) is 13.2 Å². The van der Waals surface area contributed by atoms with Gasteiger partial charge in [0.2, 0.25) is 0 Å². The van der Waals surface area contributed by atoms with Crippen molar-refractivity contribution in [3.8, 4) is 11.5 Å². The van der Waals surface area contributed by atoms with Crippen LogP contribution in [-0.2, 0) is 0 Å². The molecule has 0 spiro atoms. The summed E-state index contributed by atoms with van der Waals surface area (Å²) in [5.74, 6) is -0.277. The van der Waals surface area contributed by atoms with Crippen molar-refractivity contribution in [2.75, 3.05) is 13.7 Å². The summed E-state index contributed by atoms with van der Waals surface area (Å²) in [7, 11) is 1.43. The average molecular weight is 253 g/mol. The molecule has 1 atom stereocenters.